The summed E-state index contributed by atoms with van der Waals surface area (Å²) >= 11 is 0. The summed E-state index contributed by atoms with van der Waals surface area (Å²) in [7, 11) is -2.03. The molecule has 1 aliphatic rings. The summed E-state index contributed by atoms with van der Waals surface area (Å²) in [6.07, 6.45) is -0.497. The molecule has 0 aromatic heterocycles. The van der Waals surface area contributed by atoms with Crippen LogP contribution in [-0.4, -0.2) is 54.4 Å². The van der Waals surface area contributed by atoms with E-state index in [0.717, 1.165) is 5.56 Å². The predicted molar refractivity (Wildman–Crippen MR) is 118 cm³/mol. The molecule has 8 heteroatoms. The van der Waals surface area contributed by atoms with Gasteiger partial charge in [0.2, 0.25) is 8.32 Å². The quantitative estimate of drug-likeness (QED) is 0.485. The van der Waals surface area contributed by atoms with E-state index in [1.54, 1.807) is 5.06 Å². The summed E-state index contributed by atoms with van der Waals surface area (Å²) in [5.41, 5.74) is -0.515. The predicted octanol–water partition coefficient (Wildman–Crippen LogP) is 4.52. The number of amides is 1. The van der Waals surface area contributed by atoms with Gasteiger partial charge in [-0.05, 0) is 59.8 Å². The Balaban J connectivity index is 2.37. The Hall–Kier alpha value is -1.92. The number of nitriles is 1. The summed E-state index contributed by atoms with van der Waals surface area (Å²) in [6.45, 7) is 16.0. The lowest BCUT2D eigenvalue weighted by atomic mass is 10.1. The summed E-state index contributed by atoms with van der Waals surface area (Å²) in [4.78, 5) is 14.6. The van der Waals surface area contributed by atoms with Gasteiger partial charge in [0.15, 0.2) is 0 Å². The fourth-order valence-electron chi connectivity index (χ4n) is 3.38. The van der Waals surface area contributed by atoms with Crippen molar-refractivity contribution in [3.63, 3.8) is 0 Å². The first-order valence-corrected chi connectivity index (χ1v) is 13.7. The summed E-state index contributed by atoms with van der Waals surface area (Å²) in [5, 5.41) is 11.9. The number of carbonyl (C=O) groups is 1. The molecule has 1 fully saturated rings. The first-order chi connectivity index (χ1) is 13.7. The Kier molecular flexibility index (Phi) is 7.35. The molecule has 166 valence electrons. The summed E-state index contributed by atoms with van der Waals surface area (Å²) in [5.74, 6) is 0. The third-order valence-electron chi connectivity index (χ3n) is 4.49. The van der Waals surface area contributed by atoms with Crippen LogP contribution in [0.25, 0.3) is 0 Å². The highest BCUT2D eigenvalue weighted by Gasteiger charge is 2.50. The number of hydroxylamine groups is 2. The fraction of sp³-hybridized carbons (Fsp3) is 0.636. The van der Waals surface area contributed by atoms with Crippen LogP contribution in [0.3, 0.4) is 0 Å². The second-order valence-electron chi connectivity index (χ2n) is 10.0. The van der Waals surface area contributed by atoms with Crippen LogP contribution in [0.4, 0.5) is 4.79 Å². The van der Waals surface area contributed by atoms with Gasteiger partial charge in [0.05, 0.1) is 18.7 Å². The number of ether oxygens (including phenoxy) is 2. The molecular weight excluding hydrogens is 398 g/mol. The largest absolute Gasteiger partial charge is 0.444 e. The van der Waals surface area contributed by atoms with Gasteiger partial charge in [-0.2, -0.15) is 10.3 Å². The zero-order chi connectivity index (χ0) is 22.7. The second-order valence-corrected chi connectivity index (χ2v) is 14.4. The molecule has 0 spiro atoms. The summed E-state index contributed by atoms with van der Waals surface area (Å²) in [6, 6.07) is 11.0. The van der Waals surface area contributed by atoms with Crippen molar-refractivity contribution in [3.8, 4) is 6.07 Å². The molecule has 1 aliphatic heterocycles. The van der Waals surface area contributed by atoms with E-state index in [4.69, 9.17) is 14.0 Å². The molecule has 0 saturated carbocycles. The smallest absolute Gasteiger partial charge is 0.412 e. The molecule has 7 nitrogen and oxygen atoms in total. The molecular formula is C22H35N3O4Si. The Bertz CT molecular complexity index is 765. The third kappa shape index (κ3) is 6.54. The van der Waals surface area contributed by atoms with E-state index in [0.29, 0.717) is 6.54 Å². The highest BCUT2D eigenvalue weighted by molar-refractivity contribution is 6.69. The molecule has 0 aliphatic carbocycles. The highest BCUT2D eigenvalue weighted by Crippen LogP contribution is 2.33. The van der Waals surface area contributed by atoms with Crippen molar-refractivity contribution < 1.29 is 18.8 Å². The van der Waals surface area contributed by atoms with Crippen molar-refractivity contribution in [2.75, 3.05) is 6.61 Å². The van der Waals surface area contributed by atoms with E-state index >= 15 is 0 Å². The van der Waals surface area contributed by atoms with Gasteiger partial charge in [0, 0.05) is 6.54 Å². The van der Waals surface area contributed by atoms with E-state index in [1.807, 2.05) is 65.0 Å². The maximum absolute atomic E-state index is 13.0. The zero-order valence-corrected chi connectivity index (χ0v) is 20.4. The maximum atomic E-state index is 13.0. The van der Waals surface area contributed by atoms with Gasteiger partial charge in [-0.15, -0.1) is 0 Å². The summed E-state index contributed by atoms with van der Waals surface area (Å²) < 4.78 is 17.9. The second kappa shape index (κ2) is 9.06. The monoisotopic (exact) mass is 433 g/mol. The molecule has 1 saturated heterocycles. The molecule has 0 N–H and O–H groups in total. The first-order valence-electron chi connectivity index (χ1n) is 10.3. The first kappa shape index (κ1) is 24.3. The Morgan fingerprint density at radius 3 is 2.43 bits per heavy atom. The number of carbonyl (C=O) groups excluding carboxylic acids is 1. The molecule has 1 aromatic carbocycles. The Labute approximate surface area is 181 Å². The van der Waals surface area contributed by atoms with Crippen molar-refractivity contribution in [2.45, 2.75) is 84.2 Å². The number of hydrogen-bond donors (Lipinski definition) is 0. The minimum atomic E-state index is -2.03. The average Bonchev–Trinajstić information content (AvgIpc) is 2.88. The molecule has 2 rings (SSSR count). The van der Waals surface area contributed by atoms with Crippen molar-refractivity contribution in [2.24, 2.45) is 0 Å². The van der Waals surface area contributed by atoms with Gasteiger partial charge in [-0.25, -0.2) is 4.79 Å². The van der Waals surface area contributed by atoms with Crippen LogP contribution in [0.2, 0.25) is 19.6 Å². The van der Waals surface area contributed by atoms with Crippen LogP contribution >= 0.6 is 0 Å². The van der Waals surface area contributed by atoms with Gasteiger partial charge in [0.1, 0.15) is 17.4 Å². The van der Waals surface area contributed by atoms with Gasteiger partial charge in [0.25, 0.3) is 0 Å². The topological polar surface area (TPSA) is 75.0 Å². The van der Waals surface area contributed by atoms with Crippen LogP contribution in [-0.2, 0) is 20.5 Å². The van der Waals surface area contributed by atoms with Crippen LogP contribution in [0.5, 0.6) is 0 Å². The van der Waals surface area contributed by atoms with Crippen molar-refractivity contribution in [1.29, 1.82) is 5.26 Å². The highest BCUT2D eigenvalue weighted by atomic mass is 28.4. The Morgan fingerprint density at radius 1 is 1.33 bits per heavy atom. The van der Waals surface area contributed by atoms with Crippen LogP contribution in [0.1, 0.15) is 40.2 Å². The van der Waals surface area contributed by atoms with Crippen LogP contribution in [0.15, 0.2) is 30.3 Å². The lowest BCUT2D eigenvalue weighted by Crippen LogP contribution is -2.57. The van der Waals surface area contributed by atoms with Gasteiger partial charge >= 0.3 is 6.09 Å². The minimum Gasteiger partial charge on any atom is -0.444 e. The SMILES string of the molecule is CC(C)(C)OC(=O)N1[C@H]([C@H](C#N)N(Cc2ccccc2)O[Si](C)(C)C)COC1(C)C. The van der Waals surface area contributed by atoms with Gasteiger partial charge in [-0.1, -0.05) is 30.3 Å². The zero-order valence-electron chi connectivity index (χ0n) is 19.4. The van der Waals surface area contributed by atoms with Gasteiger partial charge < -0.3 is 14.0 Å². The van der Waals surface area contributed by atoms with E-state index in [1.165, 1.54) is 4.90 Å². The number of rotatable bonds is 6. The average molecular weight is 434 g/mol. The molecule has 1 amide bonds. The van der Waals surface area contributed by atoms with Crippen LogP contribution in [0, 0.1) is 11.3 Å². The Morgan fingerprint density at radius 2 is 1.93 bits per heavy atom. The molecule has 0 radical (unpaired) electrons. The van der Waals surface area contributed by atoms with Crippen molar-refractivity contribution in [1.82, 2.24) is 9.96 Å². The van der Waals surface area contributed by atoms with E-state index in [-0.39, 0.29) is 6.61 Å². The lowest BCUT2D eigenvalue weighted by molar-refractivity contribution is -0.117. The maximum Gasteiger partial charge on any atom is 0.412 e. The van der Waals surface area contributed by atoms with E-state index in [2.05, 4.69) is 25.7 Å². The third-order valence-corrected chi connectivity index (χ3v) is 5.27. The minimum absolute atomic E-state index is 0.227. The fourth-order valence-corrected chi connectivity index (χ4v) is 4.26. The normalized spacial score (nSPS) is 20.1. The molecule has 30 heavy (non-hydrogen) atoms. The molecule has 1 aromatic rings. The molecule has 0 bridgehead atoms. The lowest BCUT2D eigenvalue weighted by Gasteiger charge is -2.40. The molecule has 2 atom stereocenters. The number of nitrogens with zero attached hydrogens (tertiary/aromatic N) is 3. The van der Waals surface area contributed by atoms with Crippen LogP contribution < -0.4 is 0 Å². The number of hydrogen-bond acceptors (Lipinski definition) is 6. The van der Waals surface area contributed by atoms with Gasteiger partial charge in [-0.3, -0.25) is 4.90 Å². The van der Waals surface area contributed by atoms with E-state index in [9.17, 15) is 10.1 Å². The van der Waals surface area contributed by atoms with Crippen molar-refractivity contribution >= 4 is 14.4 Å². The molecule has 0 unspecified atom stereocenters. The molecule has 1 heterocycles. The standard InChI is InChI=1S/C22H35N3O4Si/c1-21(2,3)28-20(26)25-19(16-27-22(25,4)5)18(14-23)24(29-30(6,7)8)15-17-12-10-9-11-13-17/h9-13,18-19H,15-16H2,1-8H3/t18-,19-/m0/s1. The van der Waals surface area contributed by atoms with Crippen molar-refractivity contribution in [3.05, 3.63) is 35.9 Å². The van der Waals surface area contributed by atoms with E-state index < -0.39 is 37.8 Å². The number of benzene rings is 1.